The quantitative estimate of drug-likeness (QED) is 0.568. The van der Waals surface area contributed by atoms with Gasteiger partial charge >= 0.3 is 0 Å². The van der Waals surface area contributed by atoms with Gasteiger partial charge in [0, 0.05) is 17.7 Å². The van der Waals surface area contributed by atoms with Gasteiger partial charge in [0.1, 0.15) is 5.01 Å². The van der Waals surface area contributed by atoms with Gasteiger partial charge in [-0.2, -0.15) is 5.10 Å². The van der Waals surface area contributed by atoms with E-state index in [1.807, 2.05) is 30.5 Å². The van der Waals surface area contributed by atoms with Gasteiger partial charge in [-0.3, -0.25) is 10.00 Å². The summed E-state index contributed by atoms with van der Waals surface area (Å²) in [6, 6.07) is 14.2. The highest BCUT2D eigenvalue weighted by atomic mass is 32.1. The lowest BCUT2D eigenvalue weighted by Gasteiger charge is -2.15. The van der Waals surface area contributed by atoms with Gasteiger partial charge in [0.15, 0.2) is 11.5 Å². The average Bonchev–Trinajstić information content (AvgIpc) is 3.39. The van der Waals surface area contributed by atoms with Gasteiger partial charge in [0.25, 0.3) is 0 Å². The fourth-order valence-corrected chi connectivity index (χ4v) is 4.35. The maximum absolute atomic E-state index is 5.49. The highest BCUT2D eigenvalue weighted by Gasteiger charge is 2.17. The smallest absolute Gasteiger partial charge is 0.231 e. The Morgan fingerprint density at radius 2 is 2.00 bits per heavy atom. The van der Waals surface area contributed by atoms with Crippen molar-refractivity contribution in [3.05, 3.63) is 59.2 Å². The number of aromatic amines is 1. The molecule has 1 aliphatic rings. The number of H-pyrrole nitrogens is 1. The minimum absolute atomic E-state index is 0.277. The topological polar surface area (TPSA) is 63.3 Å². The Labute approximate surface area is 160 Å². The molecule has 0 radical (unpaired) electrons. The van der Waals surface area contributed by atoms with Crippen molar-refractivity contribution < 1.29 is 9.47 Å². The van der Waals surface area contributed by atoms with E-state index < -0.39 is 0 Å². The highest BCUT2D eigenvalue weighted by molar-refractivity contribution is 7.18. The molecule has 0 atom stereocenters. The molecule has 5 rings (SSSR count). The minimum atomic E-state index is 0.277. The van der Waals surface area contributed by atoms with Crippen LogP contribution in [0.25, 0.3) is 21.5 Å². The largest absolute Gasteiger partial charge is 0.454 e. The molecule has 0 bridgehead atoms. The van der Waals surface area contributed by atoms with Crippen molar-refractivity contribution in [2.75, 3.05) is 13.8 Å². The number of nitrogens with zero attached hydrogens (tertiary/aromatic N) is 3. The summed E-state index contributed by atoms with van der Waals surface area (Å²) >= 11 is 1.75. The Morgan fingerprint density at radius 3 is 2.93 bits per heavy atom. The van der Waals surface area contributed by atoms with Gasteiger partial charge in [-0.25, -0.2) is 4.98 Å². The maximum Gasteiger partial charge on any atom is 0.231 e. The maximum atomic E-state index is 5.49. The first-order valence-corrected chi connectivity index (χ1v) is 9.53. The van der Waals surface area contributed by atoms with Gasteiger partial charge in [-0.1, -0.05) is 12.1 Å². The zero-order chi connectivity index (χ0) is 18.2. The number of fused-ring (bicyclic) bond motifs is 2. The molecular weight excluding hydrogens is 360 g/mol. The molecule has 1 aliphatic heterocycles. The molecule has 0 aliphatic carbocycles. The van der Waals surface area contributed by atoms with Crippen LogP contribution in [-0.2, 0) is 13.1 Å². The van der Waals surface area contributed by atoms with Crippen LogP contribution in [-0.4, -0.2) is 33.9 Å². The molecule has 6 nitrogen and oxygen atoms in total. The van der Waals surface area contributed by atoms with Crippen molar-refractivity contribution >= 4 is 21.6 Å². The zero-order valence-electron chi connectivity index (χ0n) is 14.8. The minimum Gasteiger partial charge on any atom is -0.454 e. The summed E-state index contributed by atoms with van der Waals surface area (Å²) in [5.41, 5.74) is 4.25. The number of thiazole rings is 1. The van der Waals surface area contributed by atoms with Crippen molar-refractivity contribution in [1.82, 2.24) is 20.1 Å². The van der Waals surface area contributed by atoms with Gasteiger partial charge in [-0.05, 0) is 37.4 Å². The Kier molecular flexibility index (Phi) is 4.03. The molecule has 0 saturated carbocycles. The first kappa shape index (κ1) is 16.3. The number of hydrogen-bond donors (Lipinski definition) is 1. The lowest BCUT2D eigenvalue weighted by Crippen LogP contribution is -2.17. The van der Waals surface area contributed by atoms with Crippen molar-refractivity contribution in [3.8, 4) is 22.8 Å². The second-order valence-electron chi connectivity index (χ2n) is 6.59. The molecule has 0 spiro atoms. The van der Waals surface area contributed by atoms with E-state index in [2.05, 4.69) is 40.3 Å². The monoisotopic (exact) mass is 378 g/mol. The second-order valence-corrected chi connectivity index (χ2v) is 7.70. The zero-order valence-corrected chi connectivity index (χ0v) is 15.6. The molecule has 0 unspecified atom stereocenters. The van der Waals surface area contributed by atoms with Crippen LogP contribution in [0.5, 0.6) is 11.5 Å². The van der Waals surface area contributed by atoms with Crippen LogP contribution in [0.4, 0.5) is 0 Å². The molecule has 3 heterocycles. The van der Waals surface area contributed by atoms with Crippen LogP contribution < -0.4 is 9.47 Å². The van der Waals surface area contributed by atoms with Gasteiger partial charge in [-0.15, -0.1) is 11.3 Å². The summed E-state index contributed by atoms with van der Waals surface area (Å²) in [6.07, 6.45) is 1.88. The van der Waals surface area contributed by atoms with Gasteiger partial charge in [0.05, 0.1) is 28.7 Å². The van der Waals surface area contributed by atoms with E-state index >= 15 is 0 Å². The van der Waals surface area contributed by atoms with Crippen LogP contribution in [0.3, 0.4) is 0 Å². The summed E-state index contributed by atoms with van der Waals surface area (Å²) in [6.45, 7) is 1.85. The van der Waals surface area contributed by atoms with Crippen molar-refractivity contribution in [1.29, 1.82) is 0 Å². The lowest BCUT2D eigenvalue weighted by atomic mass is 10.1. The van der Waals surface area contributed by atoms with Crippen LogP contribution >= 0.6 is 11.3 Å². The second kappa shape index (κ2) is 6.68. The predicted octanol–water partition coefficient (Wildman–Crippen LogP) is 4.05. The van der Waals surface area contributed by atoms with Crippen LogP contribution in [0.1, 0.15) is 10.6 Å². The third-order valence-corrected chi connectivity index (χ3v) is 5.58. The van der Waals surface area contributed by atoms with Crippen molar-refractivity contribution in [2.45, 2.75) is 13.1 Å². The highest BCUT2D eigenvalue weighted by Crippen LogP contribution is 2.36. The van der Waals surface area contributed by atoms with Crippen molar-refractivity contribution in [2.24, 2.45) is 0 Å². The Balaban J connectivity index is 1.34. The molecule has 0 saturated heterocycles. The number of nitrogens with one attached hydrogen (secondary N) is 1. The average molecular weight is 378 g/mol. The number of hydrogen-bond acceptors (Lipinski definition) is 6. The molecule has 4 aromatic rings. The molecule has 0 fully saturated rings. The molecule has 136 valence electrons. The van der Waals surface area contributed by atoms with Crippen LogP contribution in [0.2, 0.25) is 0 Å². The van der Waals surface area contributed by atoms with E-state index in [0.29, 0.717) is 0 Å². The fraction of sp³-hybridized carbons (Fsp3) is 0.200. The van der Waals surface area contributed by atoms with Crippen LogP contribution in [0, 0.1) is 0 Å². The summed E-state index contributed by atoms with van der Waals surface area (Å²) in [5.74, 6) is 1.56. The summed E-state index contributed by atoms with van der Waals surface area (Å²) in [4.78, 5) is 6.97. The van der Waals surface area contributed by atoms with E-state index in [0.717, 1.165) is 51.9 Å². The van der Waals surface area contributed by atoms with Gasteiger partial charge < -0.3 is 9.47 Å². The van der Waals surface area contributed by atoms with E-state index in [-0.39, 0.29) is 6.79 Å². The molecule has 1 N–H and O–H groups in total. The number of aromatic nitrogens is 3. The number of benzene rings is 2. The Hall–Kier alpha value is -2.90. The molecule has 2 aromatic carbocycles. The Bertz CT molecular complexity index is 1070. The predicted molar refractivity (Wildman–Crippen MR) is 105 cm³/mol. The standard InChI is InChI=1S/C20H18N4O2S/c1-24(11-19-22-15-4-2-3-5-18(15)27-19)10-14-9-21-23-20(14)13-6-7-16-17(8-13)26-12-25-16/h2-9H,10-12H2,1H3,(H,21,23). The van der Waals surface area contributed by atoms with E-state index in [1.165, 1.54) is 4.70 Å². The molecule has 0 amide bonds. The van der Waals surface area contributed by atoms with E-state index in [1.54, 1.807) is 11.3 Å². The first-order valence-electron chi connectivity index (χ1n) is 8.71. The molecule has 7 heteroatoms. The molecule has 27 heavy (non-hydrogen) atoms. The molecule has 2 aromatic heterocycles. The van der Waals surface area contributed by atoms with E-state index in [4.69, 9.17) is 14.5 Å². The van der Waals surface area contributed by atoms with Gasteiger partial charge in [0.2, 0.25) is 6.79 Å². The molecular formula is C20H18N4O2S. The summed E-state index contributed by atoms with van der Waals surface area (Å²) in [5, 5.41) is 8.49. The normalized spacial score (nSPS) is 13.0. The van der Waals surface area contributed by atoms with E-state index in [9.17, 15) is 0 Å². The first-order chi connectivity index (χ1) is 13.3. The Morgan fingerprint density at radius 1 is 1.11 bits per heavy atom. The van der Waals surface area contributed by atoms with Crippen molar-refractivity contribution in [3.63, 3.8) is 0 Å². The lowest BCUT2D eigenvalue weighted by molar-refractivity contribution is 0.174. The number of rotatable bonds is 5. The number of para-hydroxylation sites is 1. The third-order valence-electron chi connectivity index (χ3n) is 4.56. The third kappa shape index (κ3) is 3.15. The number of ether oxygens (including phenoxy) is 2. The SMILES string of the molecule is CN(Cc1nc2ccccc2s1)Cc1cn[nH]c1-c1ccc2c(c1)OCO2. The summed E-state index contributed by atoms with van der Waals surface area (Å²) in [7, 11) is 2.10. The van der Waals surface area contributed by atoms with Crippen LogP contribution in [0.15, 0.2) is 48.7 Å². The fourth-order valence-electron chi connectivity index (χ4n) is 3.30. The summed E-state index contributed by atoms with van der Waals surface area (Å²) < 4.78 is 12.1.